The highest BCUT2D eigenvalue weighted by atomic mass is 16.1. The summed E-state index contributed by atoms with van der Waals surface area (Å²) in [6.07, 6.45) is 10.2. The van der Waals surface area contributed by atoms with Crippen LogP contribution in [-0.2, 0) is 4.79 Å². The van der Waals surface area contributed by atoms with Crippen molar-refractivity contribution in [3.05, 3.63) is 0 Å². The Hall–Kier alpha value is -0.370. The predicted molar refractivity (Wildman–Crippen MR) is 73.2 cm³/mol. The molecule has 0 unspecified atom stereocenters. The average Bonchev–Trinajstić information content (AvgIpc) is 2.39. The molecule has 0 atom stereocenters. The number of ketones is 1. The van der Waals surface area contributed by atoms with Gasteiger partial charge in [0, 0.05) is 11.8 Å². The SMILES string of the molecule is CCCCCCCC(=O)C1(CC)CCNCC1. The summed E-state index contributed by atoms with van der Waals surface area (Å²) in [4.78, 5) is 12.4. The van der Waals surface area contributed by atoms with Gasteiger partial charge < -0.3 is 5.32 Å². The zero-order valence-corrected chi connectivity index (χ0v) is 11.7. The van der Waals surface area contributed by atoms with Gasteiger partial charge in [0.25, 0.3) is 0 Å². The fourth-order valence-corrected chi connectivity index (χ4v) is 2.89. The highest BCUT2D eigenvalue weighted by Crippen LogP contribution is 2.35. The fourth-order valence-electron chi connectivity index (χ4n) is 2.89. The minimum Gasteiger partial charge on any atom is -0.317 e. The van der Waals surface area contributed by atoms with Crippen molar-refractivity contribution in [3.63, 3.8) is 0 Å². The monoisotopic (exact) mass is 239 g/mol. The molecule has 0 bridgehead atoms. The molecule has 0 saturated carbocycles. The van der Waals surface area contributed by atoms with E-state index in [0.29, 0.717) is 5.78 Å². The Balaban J connectivity index is 2.28. The summed E-state index contributed by atoms with van der Waals surface area (Å²) < 4.78 is 0. The van der Waals surface area contributed by atoms with E-state index in [9.17, 15) is 4.79 Å². The molecule has 1 aliphatic rings. The summed E-state index contributed by atoms with van der Waals surface area (Å²) in [6.45, 7) is 6.46. The summed E-state index contributed by atoms with van der Waals surface area (Å²) >= 11 is 0. The van der Waals surface area contributed by atoms with Gasteiger partial charge in [-0.2, -0.15) is 0 Å². The van der Waals surface area contributed by atoms with Crippen molar-refractivity contribution in [1.29, 1.82) is 0 Å². The normalized spacial score (nSPS) is 19.2. The lowest BCUT2D eigenvalue weighted by Gasteiger charge is -2.35. The highest BCUT2D eigenvalue weighted by Gasteiger charge is 2.36. The molecule has 1 rings (SSSR count). The number of carbonyl (C=O) groups is 1. The van der Waals surface area contributed by atoms with Crippen molar-refractivity contribution in [2.45, 2.75) is 71.6 Å². The smallest absolute Gasteiger partial charge is 0.139 e. The van der Waals surface area contributed by atoms with Crippen LogP contribution in [0.3, 0.4) is 0 Å². The first-order chi connectivity index (χ1) is 8.25. The van der Waals surface area contributed by atoms with Crippen LogP contribution in [0.2, 0.25) is 0 Å². The molecule has 2 heteroatoms. The molecule has 1 fully saturated rings. The van der Waals surface area contributed by atoms with Crippen LogP contribution in [0.25, 0.3) is 0 Å². The van der Waals surface area contributed by atoms with Gasteiger partial charge in [0.15, 0.2) is 0 Å². The second-order valence-electron chi connectivity index (χ2n) is 5.47. The van der Waals surface area contributed by atoms with Crippen molar-refractivity contribution in [3.8, 4) is 0 Å². The third-order valence-electron chi connectivity index (χ3n) is 4.34. The quantitative estimate of drug-likeness (QED) is 0.654. The number of Topliss-reactive ketones (excluding diaryl/α,β-unsaturated/α-hetero) is 1. The molecule has 1 aliphatic heterocycles. The number of hydrogen-bond acceptors (Lipinski definition) is 2. The van der Waals surface area contributed by atoms with E-state index in [0.717, 1.165) is 45.2 Å². The summed E-state index contributed by atoms with van der Waals surface area (Å²) in [6, 6.07) is 0. The first kappa shape index (κ1) is 14.7. The van der Waals surface area contributed by atoms with Crippen LogP contribution in [0, 0.1) is 5.41 Å². The lowest BCUT2D eigenvalue weighted by Crippen LogP contribution is -2.41. The summed E-state index contributed by atoms with van der Waals surface area (Å²) in [7, 11) is 0. The highest BCUT2D eigenvalue weighted by molar-refractivity contribution is 5.84. The third-order valence-corrected chi connectivity index (χ3v) is 4.34. The van der Waals surface area contributed by atoms with E-state index in [2.05, 4.69) is 19.2 Å². The molecule has 0 radical (unpaired) electrons. The van der Waals surface area contributed by atoms with Gasteiger partial charge >= 0.3 is 0 Å². The molecule has 0 aromatic rings. The van der Waals surface area contributed by atoms with E-state index in [4.69, 9.17) is 0 Å². The summed E-state index contributed by atoms with van der Waals surface area (Å²) in [5.74, 6) is 0.540. The maximum absolute atomic E-state index is 12.4. The second-order valence-corrected chi connectivity index (χ2v) is 5.47. The Morgan fingerprint density at radius 1 is 1.06 bits per heavy atom. The maximum atomic E-state index is 12.4. The molecular formula is C15H29NO. The number of unbranched alkanes of at least 4 members (excludes halogenated alkanes) is 4. The van der Waals surface area contributed by atoms with E-state index in [1.165, 1.54) is 25.7 Å². The molecule has 0 aliphatic carbocycles. The lowest BCUT2D eigenvalue weighted by atomic mass is 9.72. The van der Waals surface area contributed by atoms with Crippen LogP contribution in [-0.4, -0.2) is 18.9 Å². The first-order valence-electron chi connectivity index (χ1n) is 7.49. The number of nitrogens with one attached hydrogen (secondary N) is 1. The van der Waals surface area contributed by atoms with Gasteiger partial charge in [0.2, 0.25) is 0 Å². The van der Waals surface area contributed by atoms with Crippen LogP contribution in [0.1, 0.15) is 71.6 Å². The first-order valence-corrected chi connectivity index (χ1v) is 7.49. The summed E-state index contributed by atoms with van der Waals surface area (Å²) in [5, 5.41) is 3.36. The molecule has 0 aromatic carbocycles. The van der Waals surface area contributed by atoms with Gasteiger partial charge in [0.05, 0.1) is 0 Å². The predicted octanol–water partition coefficient (Wildman–Crippen LogP) is 3.70. The zero-order valence-electron chi connectivity index (χ0n) is 11.7. The Bertz CT molecular complexity index is 219. The van der Waals surface area contributed by atoms with Gasteiger partial charge in [-0.25, -0.2) is 0 Å². The van der Waals surface area contributed by atoms with Crippen LogP contribution >= 0.6 is 0 Å². The Morgan fingerprint density at radius 2 is 1.71 bits per heavy atom. The second kappa shape index (κ2) is 7.86. The van der Waals surface area contributed by atoms with Crippen molar-refractivity contribution >= 4 is 5.78 Å². The minimum atomic E-state index is 0.0238. The summed E-state index contributed by atoms with van der Waals surface area (Å²) in [5.41, 5.74) is 0.0238. The number of carbonyl (C=O) groups excluding carboxylic acids is 1. The molecular weight excluding hydrogens is 210 g/mol. The molecule has 0 amide bonds. The number of piperidine rings is 1. The maximum Gasteiger partial charge on any atom is 0.139 e. The molecule has 17 heavy (non-hydrogen) atoms. The van der Waals surface area contributed by atoms with Gasteiger partial charge in [-0.15, -0.1) is 0 Å². The van der Waals surface area contributed by atoms with E-state index < -0.39 is 0 Å². The molecule has 2 nitrogen and oxygen atoms in total. The molecule has 0 spiro atoms. The Labute approximate surface area is 107 Å². The van der Waals surface area contributed by atoms with Crippen molar-refractivity contribution in [1.82, 2.24) is 5.32 Å². The van der Waals surface area contributed by atoms with E-state index >= 15 is 0 Å². The van der Waals surface area contributed by atoms with Crippen molar-refractivity contribution in [2.75, 3.05) is 13.1 Å². The van der Waals surface area contributed by atoms with Crippen molar-refractivity contribution < 1.29 is 4.79 Å². The largest absolute Gasteiger partial charge is 0.317 e. The minimum absolute atomic E-state index is 0.0238. The topological polar surface area (TPSA) is 29.1 Å². The molecule has 0 aromatic heterocycles. The molecule has 1 saturated heterocycles. The Morgan fingerprint density at radius 3 is 2.29 bits per heavy atom. The van der Waals surface area contributed by atoms with Crippen LogP contribution in [0.4, 0.5) is 0 Å². The van der Waals surface area contributed by atoms with E-state index in [1.54, 1.807) is 0 Å². The molecule has 1 N–H and O–H groups in total. The van der Waals surface area contributed by atoms with Crippen LogP contribution in [0.15, 0.2) is 0 Å². The van der Waals surface area contributed by atoms with E-state index in [-0.39, 0.29) is 5.41 Å². The molecule has 100 valence electrons. The number of hydrogen-bond donors (Lipinski definition) is 1. The van der Waals surface area contributed by atoms with E-state index in [1.807, 2.05) is 0 Å². The van der Waals surface area contributed by atoms with Gasteiger partial charge in [-0.05, 0) is 38.8 Å². The standard InChI is InChI=1S/C15H29NO/c1-3-5-6-7-8-9-14(17)15(4-2)10-12-16-13-11-15/h16H,3-13H2,1-2H3. The average molecular weight is 239 g/mol. The van der Waals surface area contributed by atoms with Gasteiger partial charge in [0.1, 0.15) is 5.78 Å². The lowest BCUT2D eigenvalue weighted by molar-refractivity contribution is -0.130. The Kier molecular flexibility index (Phi) is 6.79. The fraction of sp³-hybridized carbons (Fsp3) is 0.933. The zero-order chi connectivity index (χ0) is 12.6. The molecule has 1 heterocycles. The van der Waals surface area contributed by atoms with Crippen LogP contribution in [0.5, 0.6) is 0 Å². The van der Waals surface area contributed by atoms with Gasteiger partial charge in [-0.3, -0.25) is 4.79 Å². The third kappa shape index (κ3) is 4.42. The van der Waals surface area contributed by atoms with Crippen LogP contribution < -0.4 is 5.32 Å². The van der Waals surface area contributed by atoms with Gasteiger partial charge in [-0.1, -0.05) is 39.5 Å². The van der Waals surface area contributed by atoms with Crippen molar-refractivity contribution in [2.24, 2.45) is 5.41 Å². The number of rotatable bonds is 8.